The molecule has 1 aromatic heterocycles. The van der Waals surface area contributed by atoms with Gasteiger partial charge in [-0.3, -0.25) is 4.98 Å². The van der Waals surface area contributed by atoms with Gasteiger partial charge >= 0.3 is 18.9 Å². The number of nitrogens with zero attached hydrogens (tertiary/aromatic N) is 1. The van der Waals surface area contributed by atoms with Gasteiger partial charge in [-0.2, -0.15) is 0 Å². The van der Waals surface area contributed by atoms with Crippen LogP contribution in [0, 0.1) is 6.20 Å². The molecule has 8 heavy (non-hydrogen) atoms. The van der Waals surface area contributed by atoms with Crippen molar-refractivity contribution in [1.29, 1.82) is 0 Å². The maximum atomic E-state index is 3.71. The van der Waals surface area contributed by atoms with E-state index in [9.17, 15) is 0 Å². The number of pyridine rings is 1. The van der Waals surface area contributed by atoms with Crippen molar-refractivity contribution >= 4 is 34.8 Å². The van der Waals surface area contributed by atoms with E-state index in [0.717, 1.165) is 4.47 Å². The monoisotopic (exact) mass is 164 g/mol. The predicted molar refractivity (Wildman–Crippen MR) is 37.9 cm³/mol. The molecule has 0 unspecified atom stereocenters. The third kappa shape index (κ3) is 2.51. The van der Waals surface area contributed by atoms with Crippen LogP contribution in [0.4, 0.5) is 0 Å². The average Bonchev–Trinajstić information content (AvgIpc) is 1.69. The first-order valence-electron chi connectivity index (χ1n) is 1.87. The molecule has 0 saturated heterocycles. The molecule has 0 fully saturated rings. The zero-order valence-corrected chi connectivity index (χ0v) is 5.14. The molecule has 0 bridgehead atoms. The Kier molecular flexibility index (Phi) is 4.26. The van der Waals surface area contributed by atoms with Crippen LogP contribution in [-0.4, -0.2) is 23.8 Å². The molecule has 1 aromatic rings. The van der Waals surface area contributed by atoms with Crippen molar-refractivity contribution < 1.29 is 0 Å². The number of hydrogen-bond acceptors (Lipinski definition) is 1. The summed E-state index contributed by atoms with van der Waals surface area (Å²) < 4.78 is 0.992. The average molecular weight is 165 g/mol. The summed E-state index contributed by atoms with van der Waals surface area (Å²) >= 11 is 3.23. The second-order valence-electron chi connectivity index (χ2n) is 1.11. The van der Waals surface area contributed by atoms with Crippen molar-refractivity contribution in [3.63, 3.8) is 0 Å². The summed E-state index contributed by atoms with van der Waals surface area (Å²) in [6.07, 6.45) is 4.35. The van der Waals surface area contributed by atoms with Crippen LogP contribution < -0.4 is 0 Å². The van der Waals surface area contributed by atoms with Gasteiger partial charge in [-0.1, -0.05) is 0 Å². The molecule has 1 nitrogen and oxygen atoms in total. The Labute approximate surface area is 68.8 Å². The van der Waals surface area contributed by atoms with Crippen LogP contribution in [-0.2, 0) is 0 Å². The standard InChI is InChI=1S/C5H3BrN.Li.H/c6-5-2-1-3-7-4-5;;/h1-2,4H;;. The van der Waals surface area contributed by atoms with Crippen LogP contribution in [0.5, 0.6) is 0 Å². The van der Waals surface area contributed by atoms with Crippen LogP contribution >= 0.6 is 15.9 Å². The van der Waals surface area contributed by atoms with Gasteiger partial charge in [-0.05, 0) is 28.1 Å². The molecule has 0 aliphatic rings. The Balaban J connectivity index is 0.000000490. The second-order valence-corrected chi connectivity index (χ2v) is 2.02. The summed E-state index contributed by atoms with van der Waals surface area (Å²) in [6.45, 7) is 0. The van der Waals surface area contributed by atoms with Gasteiger partial charge in [0.2, 0.25) is 0 Å². The fraction of sp³-hybridized carbons (Fsp3) is 0. The SMILES string of the molecule is Brc1cc[c]nc1.[LiH]. The molecule has 0 saturated carbocycles. The molecule has 3 heteroatoms. The second kappa shape index (κ2) is 4.14. The Morgan fingerprint density at radius 1 is 1.62 bits per heavy atom. The summed E-state index contributed by atoms with van der Waals surface area (Å²) in [5.74, 6) is 0. The molecular weight excluding hydrogens is 161 g/mol. The zero-order valence-electron chi connectivity index (χ0n) is 3.56. The van der Waals surface area contributed by atoms with E-state index in [1.54, 1.807) is 12.3 Å². The van der Waals surface area contributed by atoms with E-state index in [1.165, 1.54) is 0 Å². The maximum absolute atomic E-state index is 3.71. The number of halogens is 1. The molecule has 1 heterocycles. The van der Waals surface area contributed by atoms with Crippen molar-refractivity contribution in [2.45, 2.75) is 0 Å². The van der Waals surface area contributed by atoms with Crippen LogP contribution in [0.1, 0.15) is 0 Å². The minimum atomic E-state index is 0. The van der Waals surface area contributed by atoms with E-state index in [4.69, 9.17) is 0 Å². The fourth-order valence-electron chi connectivity index (χ4n) is 0.302. The normalized spacial score (nSPS) is 7.62. The molecule has 0 spiro atoms. The summed E-state index contributed by atoms with van der Waals surface area (Å²) in [5.41, 5.74) is 0. The first kappa shape index (κ1) is 8.23. The van der Waals surface area contributed by atoms with E-state index in [1.807, 2.05) is 6.07 Å². The first-order valence-corrected chi connectivity index (χ1v) is 2.66. The summed E-state index contributed by atoms with van der Waals surface area (Å²) in [7, 11) is 0. The van der Waals surface area contributed by atoms with Crippen LogP contribution in [0.15, 0.2) is 22.8 Å². The zero-order chi connectivity index (χ0) is 5.11. The first-order chi connectivity index (χ1) is 3.39. The quantitative estimate of drug-likeness (QED) is 0.522. The number of aromatic nitrogens is 1. The third-order valence-electron chi connectivity index (χ3n) is 0.580. The van der Waals surface area contributed by atoms with E-state index in [2.05, 4.69) is 27.1 Å². The molecule has 0 N–H and O–H groups in total. The van der Waals surface area contributed by atoms with E-state index in [-0.39, 0.29) is 18.9 Å². The Morgan fingerprint density at radius 2 is 2.38 bits per heavy atom. The van der Waals surface area contributed by atoms with Crippen molar-refractivity contribution in [1.82, 2.24) is 4.98 Å². The van der Waals surface area contributed by atoms with Gasteiger partial charge in [0.05, 0.1) is 6.20 Å². The predicted octanol–water partition coefficient (Wildman–Crippen LogP) is 0.996. The number of hydrogen-bond donors (Lipinski definition) is 0. The molecule has 0 aromatic carbocycles. The van der Waals surface area contributed by atoms with Gasteiger partial charge in [0, 0.05) is 10.7 Å². The van der Waals surface area contributed by atoms with Crippen LogP contribution in [0.25, 0.3) is 0 Å². The summed E-state index contributed by atoms with van der Waals surface area (Å²) in [4.78, 5) is 3.71. The molecule has 37 valence electrons. The summed E-state index contributed by atoms with van der Waals surface area (Å²) in [6, 6.07) is 3.64. The van der Waals surface area contributed by atoms with Crippen LogP contribution in [0.3, 0.4) is 0 Å². The summed E-state index contributed by atoms with van der Waals surface area (Å²) in [5, 5.41) is 0. The number of rotatable bonds is 0. The van der Waals surface area contributed by atoms with Crippen molar-refractivity contribution in [3.05, 3.63) is 29.0 Å². The molecule has 0 aliphatic carbocycles. The Hall–Kier alpha value is 0.227. The minimum absolute atomic E-state index is 0. The topological polar surface area (TPSA) is 12.9 Å². The van der Waals surface area contributed by atoms with Gasteiger partial charge in [0.25, 0.3) is 0 Å². The van der Waals surface area contributed by atoms with E-state index < -0.39 is 0 Å². The van der Waals surface area contributed by atoms with Gasteiger partial charge in [0.1, 0.15) is 0 Å². The van der Waals surface area contributed by atoms with Crippen molar-refractivity contribution in [2.75, 3.05) is 0 Å². The Bertz CT molecular complexity index is 142. The third-order valence-corrected chi connectivity index (χ3v) is 1.05. The van der Waals surface area contributed by atoms with Gasteiger partial charge in [-0.15, -0.1) is 0 Å². The van der Waals surface area contributed by atoms with Gasteiger partial charge in [-0.25, -0.2) is 0 Å². The van der Waals surface area contributed by atoms with Crippen molar-refractivity contribution in [3.8, 4) is 0 Å². The molecule has 0 amide bonds. The molecule has 0 atom stereocenters. The van der Waals surface area contributed by atoms with E-state index >= 15 is 0 Å². The van der Waals surface area contributed by atoms with Gasteiger partial charge < -0.3 is 0 Å². The van der Waals surface area contributed by atoms with E-state index in [0.29, 0.717) is 0 Å². The Morgan fingerprint density at radius 3 is 2.62 bits per heavy atom. The molecule has 0 aliphatic heterocycles. The van der Waals surface area contributed by atoms with Crippen LogP contribution in [0.2, 0.25) is 0 Å². The van der Waals surface area contributed by atoms with Crippen molar-refractivity contribution in [2.24, 2.45) is 0 Å². The van der Waals surface area contributed by atoms with Gasteiger partial charge in [0.15, 0.2) is 0 Å². The molecule has 1 rings (SSSR count). The molecular formula is C5H4BrLiN. The molecule has 1 radical (unpaired) electrons. The fourth-order valence-corrected chi connectivity index (χ4v) is 0.536.